The lowest BCUT2D eigenvalue weighted by Crippen LogP contribution is -2.34. The number of aromatic amines is 1. The minimum Gasteiger partial charge on any atom is -0.392 e. The smallest absolute Gasteiger partial charge is 0.225 e. The molecule has 128 valence electrons. The molecular formula is C18H24N4O2. The highest BCUT2D eigenvalue weighted by atomic mass is 16.3. The Hall–Kier alpha value is -2.21. The van der Waals surface area contributed by atoms with Crippen LogP contribution in [0.2, 0.25) is 0 Å². The number of hydrogen-bond donors (Lipinski definition) is 2. The number of carbonyl (C=O) groups excluding carboxylic acids is 1. The van der Waals surface area contributed by atoms with Gasteiger partial charge in [-0.2, -0.15) is 5.10 Å². The lowest BCUT2D eigenvalue weighted by molar-refractivity contribution is -0.134. The molecule has 1 aliphatic heterocycles. The van der Waals surface area contributed by atoms with Crippen LogP contribution in [-0.2, 0) is 4.79 Å². The average molecular weight is 328 g/mol. The molecule has 2 heterocycles. The van der Waals surface area contributed by atoms with Crippen LogP contribution in [0.5, 0.6) is 0 Å². The van der Waals surface area contributed by atoms with Crippen LogP contribution in [0.1, 0.15) is 45.0 Å². The predicted octanol–water partition coefficient (Wildman–Crippen LogP) is 2.54. The lowest BCUT2D eigenvalue weighted by Gasteiger charge is -2.25. The number of amides is 1. The quantitative estimate of drug-likeness (QED) is 0.883. The summed E-state index contributed by atoms with van der Waals surface area (Å²) in [4.78, 5) is 18.9. The van der Waals surface area contributed by atoms with Gasteiger partial charge in [-0.05, 0) is 18.8 Å². The molecule has 1 aliphatic rings. The van der Waals surface area contributed by atoms with Gasteiger partial charge in [-0.25, -0.2) is 4.98 Å². The van der Waals surface area contributed by atoms with E-state index in [-0.39, 0.29) is 24.3 Å². The fourth-order valence-corrected chi connectivity index (χ4v) is 3.02. The third-order valence-electron chi connectivity index (χ3n) is 4.58. The van der Waals surface area contributed by atoms with E-state index in [4.69, 9.17) is 0 Å². The van der Waals surface area contributed by atoms with Crippen molar-refractivity contribution in [3.63, 3.8) is 0 Å². The Morgan fingerprint density at radius 1 is 1.38 bits per heavy atom. The Kier molecular flexibility index (Phi) is 4.94. The molecule has 2 N–H and O–H groups in total. The number of hydrogen-bond acceptors (Lipinski definition) is 4. The zero-order valence-electron chi connectivity index (χ0n) is 14.1. The molecule has 1 aromatic carbocycles. The van der Waals surface area contributed by atoms with Crippen LogP contribution in [0.4, 0.5) is 0 Å². The molecule has 24 heavy (non-hydrogen) atoms. The Bertz CT molecular complexity index is 683. The van der Waals surface area contributed by atoms with Gasteiger partial charge in [-0.15, -0.1) is 0 Å². The molecule has 2 aromatic rings. The minimum absolute atomic E-state index is 0.0173. The molecule has 1 amide bonds. The second kappa shape index (κ2) is 7.13. The highest BCUT2D eigenvalue weighted by Gasteiger charge is 2.33. The van der Waals surface area contributed by atoms with Crippen LogP contribution in [0.3, 0.4) is 0 Å². The maximum atomic E-state index is 12.5. The van der Waals surface area contributed by atoms with E-state index in [2.05, 4.69) is 15.2 Å². The first-order valence-electron chi connectivity index (χ1n) is 8.51. The lowest BCUT2D eigenvalue weighted by atomic mass is 10.0. The van der Waals surface area contributed by atoms with Gasteiger partial charge in [0.2, 0.25) is 5.91 Å². The molecule has 1 aromatic heterocycles. The van der Waals surface area contributed by atoms with E-state index in [1.165, 1.54) is 0 Å². The standard InChI is InChI=1S/C18H24N4O2/c1-12(2)15(23)11-16(24)22-10-6-9-14(22)18-19-17(20-21-18)13-7-4-3-5-8-13/h3-5,7-8,12,14-15,23H,6,9-11H2,1-2H3,(H,19,20,21)/t14-,15+/m0/s1. The summed E-state index contributed by atoms with van der Waals surface area (Å²) in [7, 11) is 0. The molecule has 0 radical (unpaired) electrons. The third kappa shape index (κ3) is 3.48. The number of benzene rings is 1. The number of nitrogens with one attached hydrogen (secondary N) is 1. The van der Waals surface area contributed by atoms with Crippen molar-refractivity contribution in [1.29, 1.82) is 0 Å². The number of H-pyrrole nitrogens is 1. The van der Waals surface area contributed by atoms with E-state index in [0.717, 1.165) is 24.2 Å². The summed E-state index contributed by atoms with van der Waals surface area (Å²) in [6.07, 6.45) is 1.37. The maximum absolute atomic E-state index is 12.5. The van der Waals surface area contributed by atoms with Crippen LogP contribution in [-0.4, -0.2) is 43.7 Å². The van der Waals surface area contributed by atoms with Gasteiger partial charge < -0.3 is 10.0 Å². The minimum atomic E-state index is -0.603. The maximum Gasteiger partial charge on any atom is 0.225 e. The largest absolute Gasteiger partial charge is 0.392 e. The summed E-state index contributed by atoms with van der Waals surface area (Å²) in [5.74, 6) is 1.42. The Morgan fingerprint density at radius 3 is 2.83 bits per heavy atom. The van der Waals surface area contributed by atoms with Crippen molar-refractivity contribution in [3.05, 3.63) is 36.2 Å². The average Bonchev–Trinajstić information content (AvgIpc) is 3.24. The van der Waals surface area contributed by atoms with Gasteiger partial charge in [-0.3, -0.25) is 9.89 Å². The van der Waals surface area contributed by atoms with Crippen molar-refractivity contribution in [2.75, 3.05) is 6.54 Å². The van der Waals surface area contributed by atoms with E-state index < -0.39 is 6.10 Å². The van der Waals surface area contributed by atoms with Gasteiger partial charge >= 0.3 is 0 Å². The first-order valence-corrected chi connectivity index (χ1v) is 8.51. The number of likely N-dealkylation sites (tertiary alicyclic amines) is 1. The molecule has 0 bridgehead atoms. The van der Waals surface area contributed by atoms with Gasteiger partial charge in [0, 0.05) is 12.1 Å². The van der Waals surface area contributed by atoms with Crippen LogP contribution in [0, 0.1) is 5.92 Å². The van der Waals surface area contributed by atoms with Crippen LogP contribution >= 0.6 is 0 Å². The molecular weight excluding hydrogens is 304 g/mol. The Balaban J connectivity index is 1.74. The summed E-state index contributed by atoms with van der Waals surface area (Å²) in [5.41, 5.74) is 0.950. The topological polar surface area (TPSA) is 82.1 Å². The normalized spacial score (nSPS) is 19.0. The number of carbonyl (C=O) groups is 1. The SMILES string of the molecule is CC(C)[C@H](O)CC(=O)N1CCC[C@H]1c1nc(-c2ccccc2)n[nH]1. The third-order valence-corrected chi connectivity index (χ3v) is 4.58. The molecule has 0 aliphatic carbocycles. The predicted molar refractivity (Wildman–Crippen MR) is 91.0 cm³/mol. The highest BCUT2D eigenvalue weighted by Crippen LogP contribution is 2.31. The van der Waals surface area contributed by atoms with Crippen LogP contribution < -0.4 is 0 Å². The Morgan fingerprint density at radius 2 is 2.12 bits per heavy atom. The molecule has 6 nitrogen and oxygen atoms in total. The number of aliphatic hydroxyl groups is 1. The van der Waals surface area contributed by atoms with E-state index >= 15 is 0 Å². The van der Waals surface area contributed by atoms with E-state index in [9.17, 15) is 9.90 Å². The number of nitrogens with zero attached hydrogens (tertiary/aromatic N) is 3. The van der Waals surface area contributed by atoms with Crippen molar-refractivity contribution < 1.29 is 9.90 Å². The Labute approximate surface area is 141 Å². The molecule has 0 saturated carbocycles. The molecule has 3 rings (SSSR count). The van der Waals surface area contributed by atoms with Gasteiger partial charge in [0.25, 0.3) is 0 Å². The highest BCUT2D eigenvalue weighted by molar-refractivity contribution is 5.77. The molecule has 2 atom stereocenters. The zero-order chi connectivity index (χ0) is 17.1. The van der Waals surface area contributed by atoms with Crippen molar-refractivity contribution >= 4 is 5.91 Å². The summed E-state index contributed by atoms with van der Waals surface area (Å²) in [6, 6.07) is 9.69. The van der Waals surface area contributed by atoms with Crippen molar-refractivity contribution in [1.82, 2.24) is 20.1 Å². The number of aliphatic hydroxyl groups excluding tert-OH is 1. The van der Waals surface area contributed by atoms with Crippen LogP contribution in [0.15, 0.2) is 30.3 Å². The molecule has 1 fully saturated rings. The van der Waals surface area contributed by atoms with Crippen molar-refractivity contribution in [2.24, 2.45) is 5.92 Å². The summed E-state index contributed by atoms with van der Waals surface area (Å²) in [5, 5.41) is 17.3. The van der Waals surface area contributed by atoms with Gasteiger partial charge in [0.05, 0.1) is 18.6 Å². The van der Waals surface area contributed by atoms with Gasteiger partial charge in [0.15, 0.2) is 5.82 Å². The molecule has 6 heteroatoms. The summed E-state index contributed by atoms with van der Waals surface area (Å²) < 4.78 is 0. The summed E-state index contributed by atoms with van der Waals surface area (Å²) in [6.45, 7) is 4.54. The van der Waals surface area contributed by atoms with Crippen molar-refractivity contribution in [3.8, 4) is 11.4 Å². The van der Waals surface area contributed by atoms with E-state index in [1.807, 2.05) is 49.1 Å². The summed E-state index contributed by atoms with van der Waals surface area (Å²) >= 11 is 0. The van der Waals surface area contributed by atoms with Crippen molar-refractivity contribution in [2.45, 2.75) is 45.3 Å². The van der Waals surface area contributed by atoms with Crippen LogP contribution in [0.25, 0.3) is 11.4 Å². The number of aromatic nitrogens is 3. The number of rotatable bonds is 5. The molecule has 0 unspecified atom stereocenters. The second-order valence-corrected chi connectivity index (χ2v) is 6.67. The molecule has 1 saturated heterocycles. The van der Waals surface area contributed by atoms with E-state index in [1.54, 1.807) is 0 Å². The monoisotopic (exact) mass is 328 g/mol. The fourth-order valence-electron chi connectivity index (χ4n) is 3.02. The first kappa shape index (κ1) is 16.6. The van der Waals surface area contributed by atoms with Gasteiger partial charge in [0.1, 0.15) is 5.82 Å². The molecule has 0 spiro atoms. The van der Waals surface area contributed by atoms with E-state index in [0.29, 0.717) is 12.4 Å². The first-order chi connectivity index (χ1) is 11.6. The zero-order valence-corrected chi connectivity index (χ0v) is 14.1. The fraction of sp³-hybridized carbons (Fsp3) is 0.500. The van der Waals surface area contributed by atoms with Gasteiger partial charge in [-0.1, -0.05) is 44.2 Å². The second-order valence-electron chi connectivity index (χ2n) is 6.67.